The molecule has 1 aromatic heterocycles. The van der Waals surface area contributed by atoms with Crippen molar-refractivity contribution in [2.45, 2.75) is 31.4 Å². The van der Waals surface area contributed by atoms with Gasteiger partial charge < -0.3 is 0 Å². The number of carbonyl (C=O) groups excluding carboxylic acids is 1. The highest BCUT2D eigenvalue weighted by atomic mass is 35.5. The van der Waals surface area contributed by atoms with E-state index in [1.165, 1.54) is 0 Å². The second-order valence-corrected chi connectivity index (χ2v) is 6.81. The Morgan fingerprint density at radius 1 is 1.33 bits per heavy atom. The van der Waals surface area contributed by atoms with Crippen LogP contribution in [-0.2, 0) is 16.9 Å². The van der Waals surface area contributed by atoms with Gasteiger partial charge in [-0.2, -0.15) is 0 Å². The second kappa shape index (κ2) is 6.66. The number of hydrogen-bond donors (Lipinski definition) is 0. The van der Waals surface area contributed by atoms with E-state index in [0.717, 1.165) is 11.1 Å². The molecule has 1 aliphatic carbocycles. The van der Waals surface area contributed by atoms with Gasteiger partial charge in [-0.15, -0.1) is 0 Å². The molecule has 5 heteroatoms. The third-order valence-corrected chi connectivity index (χ3v) is 5.01. The van der Waals surface area contributed by atoms with Gasteiger partial charge in [0.25, 0.3) is 0 Å². The van der Waals surface area contributed by atoms with Gasteiger partial charge in [0.15, 0.2) is 11.5 Å². The van der Waals surface area contributed by atoms with Crippen molar-refractivity contribution in [2.24, 2.45) is 0 Å². The summed E-state index contributed by atoms with van der Waals surface area (Å²) in [5.74, 6) is -0.449. The maximum Gasteiger partial charge on any atom is 0.196 e. The number of fused-ring (bicyclic) bond motifs is 1. The van der Waals surface area contributed by atoms with E-state index in [9.17, 15) is 4.79 Å². The van der Waals surface area contributed by atoms with Crippen LogP contribution in [0, 0.1) is 0 Å². The minimum Gasteiger partial charge on any atom is -0.296 e. The van der Waals surface area contributed by atoms with Crippen LogP contribution in [0.15, 0.2) is 43.1 Å². The molecular weight excluding hydrogens is 348 g/mol. The van der Waals surface area contributed by atoms with Gasteiger partial charge in [-0.3, -0.25) is 9.78 Å². The molecular formula is C19H16Cl2FNO. The highest BCUT2D eigenvalue weighted by Crippen LogP contribution is 2.43. The van der Waals surface area contributed by atoms with Crippen LogP contribution in [0.1, 0.15) is 36.1 Å². The smallest absolute Gasteiger partial charge is 0.196 e. The average Bonchev–Trinajstić information content (AvgIpc) is 2.57. The van der Waals surface area contributed by atoms with Crippen molar-refractivity contribution in [1.82, 2.24) is 4.98 Å². The molecule has 1 aliphatic rings. The van der Waals surface area contributed by atoms with Gasteiger partial charge in [-0.1, -0.05) is 41.9 Å². The number of pyridine rings is 1. The lowest BCUT2D eigenvalue weighted by atomic mass is 9.77. The Balaban J connectivity index is 1.82. The molecule has 0 N–H and O–H groups in total. The summed E-state index contributed by atoms with van der Waals surface area (Å²) in [6, 6.07) is 8.37. The fraction of sp³-hybridized carbons (Fsp3) is 0.263. The molecule has 0 spiro atoms. The molecule has 0 fully saturated rings. The number of nitrogens with zero attached hydrogens (tertiary/aromatic N) is 1. The maximum atomic E-state index is 15.5. The van der Waals surface area contributed by atoms with E-state index in [-0.39, 0.29) is 12.8 Å². The number of carbonyl (C=O) groups is 1. The Labute approximate surface area is 150 Å². The molecule has 124 valence electrons. The van der Waals surface area contributed by atoms with Crippen molar-refractivity contribution in [3.05, 3.63) is 70.0 Å². The Morgan fingerprint density at radius 2 is 2.12 bits per heavy atom. The number of aryl methyl sites for hydroxylation is 1. The highest BCUT2D eigenvalue weighted by Gasteiger charge is 2.44. The summed E-state index contributed by atoms with van der Waals surface area (Å²) in [5, 5.41) is 1.02. The molecule has 24 heavy (non-hydrogen) atoms. The van der Waals surface area contributed by atoms with Crippen LogP contribution in [0.25, 0.3) is 5.57 Å². The summed E-state index contributed by atoms with van der Waals surface area (Å²) < 4.78 is 15.5. The molecule has 0 saturated heterocycles. The van der Waals surface area contributed by atoms with Gasteiger partial charge in [0.05, 0.1) is 5.69 Å². The molecule has 1 heterocycles. The van der Waals surface area contributed by atoms with E-state index < -0.39 is 11.5 Å². The van der Waals surface area contributed by atoms with E-state index in [2.05, 4.69) is 11.6 Å². The molecule has 0 bridgehead atoms. The van der Waals surface area contributed by atoms with Crippen molar-refractivity contribution in [3.8, 4) is 0 Å². The summed E-state index contributed by atoms with van der Waals surface area (Å²) in [7, 11) is 0. The van der Waals surface area contributed by atoms with Crippen molar-refractivity contribution < 1.29 is 9.18 Å². The van der Waals surface area contributed by atoms with E-state index in [1.54, 1.807) is 36.5 Å². The summed E-state index contributed by atoms with van der Waals surface area (Å²) in [5.41, 5.74) is 0.374. The number of allylic oxidation sites excluding steroid dienone is 1. The SMILES string of the molecule is C=C1CC[C@@](F)(C(=O)CCc2ccc(Cl)cc2Cl)c2cccnc21. The fourth-order valence-corrected chi connectivity index (χ4v) is 3.55. The van der Waals surface area contributed by atoms with Gasteiger partial charge in [0, 0.05) is 28.2 Å². The van der Waals surface area contributed by atoms with E-state index in [4.69, 9.17) is 23.2 Å². The molecule has 1 aromatic carbocycles. The van der Waals surface area contributed by atoms with Crippen molar-refractivity contribution in [1.29, 1.82) is 0 Å². The molecule has 2 nitrogen and oxygen atoms in total. The molecule has 1 atom stereocenters. The average molecular weight is 364 g/mol. The van der Waals surface area contributed by atoms with Gasteiger partial charge >= 0.3 is 0 Å². The van der Waals surface area contributed by atoms with E-state index in [0.29, 0.717) is 34.1 Å². The molecule has 0 radical (unpaired) electrons. The number of aromatic nitrogens is 1. The first-order valence-corrected chi connectivity index (χ1v) is 8.47. The molecule has 0 saturated carbocycles. The predicted octanol–water partition coefficient (Wildman–Crippen LogP) is 5.56. The topological polar surface area (TPSA) is 30.0 Å². The number of halogens is 3. The molecule has 0 amide bonds. The summed E-state index contributed by atoms with van der Waals surface area (Å²) in [6.07, 6.45) is 2.56. The number of benzene rings is 1. The van der Waals surface area contributed by atoms with Crippen LogP contribution in [0.3, 0.4) is 0 Å². The molecule has 0 unspecified atom stereocenters. The van der Waals surface area contributed by atoms with Crippen molar-refractivity contribution in [2.75, 3.05) is 0 Å². The first-order chi connectivity index (χ1) is 11.4. The quantitative estimate of drug-likeness (QED) is 0.711. The molecule has 0 aliphatic heterocycles. The van der Waals surface area contributed by atoms with Gasteiger partial charge in [-0.05, 0) is 48.6 Å². The zero-order valence-electron chi connectivity index (χ0n) is 13.0. The van der Waals surface area contributed by atoms with Crippen LogP contribution in [-0.4, -0.2) is 10.8 Å². The summed E-state index contributed by atoms with van der Waals surface area (Å²) in [4.78, 5) is 16.8. The van der Waals surface area contributed by atoms with Crippen LogP contribution in [0.5, 0.6) is 0 Å². The van der Waals surface area contributed by atoms with Crippen molar-refractivity contribution in [3.63, 3.8) is 0 Å². The standard InChI is InChI=1S/C19H16Cl2FNO/c1-12-8-9-19(22,15-3-2-10-23-18(12)15)17(24)7-5-13-4-6-14(20)11-16(13)21/h2-4,6,10-11H,1,5,7-9H2/t19-/m0/s1. The lowest BCUT2D eigenvalue weighted by Gasteiger charge is -2.31. The Hall–Kier alpha value is -1.71. The summed E-state index contributed by atoms with van der Waals surface area (Å²) >= 11 is 12.0. The first-order valence-electron chi connectivity index (χ1n) is 7.71. The Bertz CT molecular complexity index is 821. The van der Waals surface area contributed by atoms with E-state index in [1.807, 2.05) is 0 Å². The largest absolute Gasteiger partial charge is 0.296 e. The minimum atomic E-state index is -2.01. The van der Waals surface area contributed by atoms with Crippen LogP contribution >= 0.6 is 23.2 Å². The number of hydrogen-bond acceptors (Lipinski definition) is 2. The predicted molar refractivity (Wildman–Crippen MR) is 95.1 cm³/mol. The Morgan fingerprint density at radius 3 is 2.88 bits per heavy atom. The first kappa shape index (κ1) is 17.1. The third-order valence-electron chi connectivity index (χ3n) is 4.42. The third kappa shape index (κ3) is 3.11. The highest BCUT2D eigenvalue weighted by molar-refractivity contribution is 6.35. The second-order valence-electron chi connectivity index (χ2n) is 5.96. The van der Waals surface area contributed by atoms with Crippen molar-refractivity contribution >= 4 is 34.6 Å². The van der Waals surface area contributed by atoms with Crippen LogP contribution in [0.2, 0.25) is 10.0 Å². The van der Waals surface area contributed by atoms with Crippen LogP contribution < -0.4 is 0 Å². The normalized spacial score (nSPS) is 19.9. The lowest BCUT2D eigenvalue weighted by Crippen LogP contribution is -2.35. The zero-order valence-corrected chi connectivity index (χ0v) is 14.5. The summed E-state index contributed by atoms with van der Waals surface area (Å²) in [6.45, 7) is 3.92. The number of ketones is 1. The number of rotatable bonds is 4. The lowest BCUT2D eigenvalue weighted by molar-refractivity contribution is -0.131. The number of Topliss-reactive ketones (excluding diaryl/α,β-unsaturated/α-hetero) is 1. The van der Waals surface area contributed by atoms with Gasteiger partial charge in [0.2, 0.25) is 0 Å². The van der Waals surface area contributed by atoms with Gasteiger partial charge in [0.1, 0.15) is 0 Å². The molecule has 3 rings (SSSR count). The monoisotopic (exact) mass is 363 g/mol. The minimum absolute atomic E-state index is 0.0681. The van der Waals surface area contributed by atoms with Crippen LogP contribution in [0.4, 0.5) is 4.39 Å². The number of alkyl halides is 1. The molecule has 2 aromatic rings. The zero-order chi connectivity index (χ0) is 17.3. The maximum absolute atomic E-state index is 15.5. The van der Waals surface area contributed by atoms with Gasteiger partial charge in [-0.25, -0.2) is 4.39 Å². The Kier molecular flexibility index (Phi) is 4.75. The van der Waals surface area contributed by atoms with E-state index >= 15 is 4.39 Å². The fourth-order valence-electron chi connectivity index (χ4n) is 3.04.